The lowest BCUT2D eigenvalue weighted by Crippen LogP contribution is -2.41. The highest BCUT2D eigenvalue weighted by molar-refractivity contribution is 7.98. The number of carboxylic acids is 1. The Morgan fingerprint density at radius 1 is 1.28 bits per heavy atom. The summed E-state index contributed by atoms with van der Waals surface area (Å²) in [6.07, 6.45) is 2.31. The molecule has 0 unspecified atom stereocenters. The number of aliphatic carboxylic acids is 1. The number of rotatable bonds is 8. The van der Waals surface area contributed by atoms with Crippen LogP contribution in [-0.4, -0.2) is 44.8 Å². The molecule has 0 saturated heterocycles. The van der Waals surface area contributed by atoms with Gasteiger partial charge in [-0.3, -0.25) is 9.48 Å². The van der Waals surface area contributed by atoms with E-state index in [4.69, 9.17) is 0 Å². The summed E-state index contributed by atoms with van der Waals surface area (Å²) in [6, 6.07) is 8.30. The van der Waals surface area contributed by atoms with Crippen LogP contribution in [0.25, 0.3) is 0 Å². The van der Waals surface area contributed by atoms with Gasteiger partial charge in [0.15, 0.2) is 0 Å². The van der Waals surface area contributed by atoms with Crippen LogP contribution in [0.5, 0.6) is 0 Å². The van der Waals surface area contributed by atoms with Crippen LogP contribution in [0.15, 0.2) is 30.3 Å². The number of carboxylic acid groups (broad SMARTS) is 1. The molecule has 6 nitrogen and oxygen atoms in total. The fraction of sp³-hybridized carbons (Fsp3) is 0.389. The highest BCUT2D eigenvalue weighted by Gasteiger charge is 2.20. The summed E-state index contributed by atoms with van der Waals surface area (Å²) >= 11 is 1.55. The largest absolute Gasteiger partial charge is 0.480 e. The number of carbonyl (C=O) groups excluding carboxylic acids is 1. The summed E-state index contributed by atoms with van der Waals surface area (Å²) in [5.74, 6) is -0.701. The maximum Gasteiger partial charge on any atom is 0.326 e. The maximum absolute atomic E-state index is 12.3. The van der Waals surface area contributed by atoms with Crippen molar-refractivity contribution in [3.05, 3.63) is 52.8 Å². The molecule has 0 aliphatic carbocycles. The molecule has 0 spiro atoms. The minimum Gasteiger partial charge on any atom is -0.480 e. The zero-order valence-electron chi connectivity index (χ0n) is 14.7. The lowest BCUT2D eigenvalue weighted by atomic mass is 10.1. The van der Waals surface area contributed by atoms with Crippen molar-refractivity contribution in [1.82, 2.24) is 15.1 Å². The zero-order valence-corrected chi connectivity index (χ0v) is 15.5. The second-order valence-corrected chi connectivity index (χ2v) is 6.91. The Bertz CT molecular complexity index is 741. The van der Waals surface area contributed by atoms with E-state index >= 15 is 0 Å². The highest BCUT2D eigenvalue weighted by atomic mass is 32.2. The molecule has 0 saturated carbocycles. The smallest absolute Gasteiger partial charge is 0.326 e. The number of hydrogen-bond donors (Lipinski definition) is 2. The van der Waals surface area contributed by atoms with Crippen LogP contribution < -0.4 is 5.32 Å². The van der Waals surface area contributed by atoms with E-state index in [2.05, 4.69) is 10.4 Å². The average molecular weight is 361 g/mol. The van der Waals surface area contributed by atoms with Crippen LogP contribution in [0, 0.1) is 13.8 Å². The number of nitrogens with one attached hydrogen (secondary N) is 1. The minimum absolute atomic E-state index is 0.369. The molecular weight excluding hydrogens is 338 g/mol. The van der Waals surface area contributed by atoms with Crippen LogP contribution in [0.4, 0.5) is 0 Å². The number of aryl methyl sites for hydroxylation is 2. The topological polar surface area (TPSA) is 84.2 Å². The minimum atomic E-state index is -1.01. The second-order valence-electron chi connectivity index (χ2n) is 5.93. The number of carbonyl (C=O) groups is 2. The summed E-state index contributed by atoms with van der Waals surface area (Å²) < 4.78 is 1.91. The summed E-state index contributed by atoms with van der Waals surface area (Å²) in [4.78, 5) is 23.5. The fourth-order valence-corrected chi connectivity index (χ4v) is 2.98. The van der Waals surface area contributed by atoms with Gasteiger partial charge in [-0.05, 0) is 56.0 Å². The Morgan fingerprint density at radius 3 is 2.48 bits per heavy atom. The van der Waals surface area contributed by atoms with E-state index in [1.165, 1.54) is 0 Å². The molecule has 0 radical (unpaired) electrons. The monoisotopic (exact) mass is 361 g/mol. The number of nitrogens with zero attached hydrogens (tertiary/aromatic N) is 2. The molecule has 1 amide bonds. The second kappa shape index (κ2) is 8.71. The Balaban J connectivity index is 2.01. The normalized spacial score (nSPS) is 12.0. The van der Waals surface area contributed by atoms with Crippen LogP contribution >= 0.6 is 11.8 Å². The number of aromatic nitrogens is 2. The van der Waals surface area contributed by atoms with Crippen LogP contribution in [0.3, 0.4) is 0 Å². The molecule has 2 aromatic rings. The molecule has 7 heteroatoms. The first-order valence-electron chi connectivity index (χ1n) is 8.03. The highest BCUT2D eigenvalue weighted by Crippen LogP contribution is 2.10. The van der Waals surface area contributed by atoms with Crippen LogP contribution in [-0.2, 0) is 11.3 Å². The predicted octanol–water partition coefficient (Wildman–Crippen LogP) is 2.48. The van der Waals surface area contributed by atoms with Gasteiger partial charge in [0.2, 0.25) is 0 Å². The van der Waals surface area contributed by atoms with Gasteiger partial charge in [-0.2, -0.15) is 16.9 Å². The summed E-state index contributed by atoms with van der Waals surface area (Å²) in [5.41, 5.74) is 3.53. The van der Waals surface area contributed by atoms with Crippen molar-refractivity contribution in [2.45, 2.75) is 32.9 Å². The van der Waals surface area contributed by atoms with Gasteiger partial charge < -0.3 is 10.4 Å². The van der Waals surface area contributed by atoms with Gasteiger partial charge in [0, 0.05) is 11.3 Å². The molecule has 0 aliphatic heterocycles. The molecule has 25 heavy (non-hydrogen) atoms. The third-order valence-corrected chi connectivity index (χ3v) is 4.51. The summed E-state index contributed by atoms with van der Waals surface area (Å²) in [7, 11) is 0. The fourth-order valence-electron chi connectivity index (χ4n) is 2.50. The van der Waals surface area contributed by atoms with Crippen molar-refractivity contribution in [3.8, 4) is 0 Å². The first-order valence-corrected chi connectivity index (χ1v) is 9.42. The van der Waals surface area contributed by atoms with Crippen LogP contribution in [0.1, 0.15) is 33.7 Å². The van der Waals surface area contributed by atoms with Crippen molar-refractivity contribution in [3.63, 3.8) is 0 Å². The first-order chi connectivity index (χ1) is 11.9. The van der Waals surface area contributed by atoms with Crippen molar-refractivity contribution >= 4 is 23.6 Å². The summed E-state index contributed by atoms with van der Waals surface area (Å²) in [6.45, 7) is 4.59. The van der Waals surface area contributed by atoms with E-state index in [1.54, 1.807) is 23.9 Å². The van der Waals surface area contributed by atoms with Crippen molar-refractivity contribution in [1.29, 1.82) is 0 Å². The summed E-state index contributed by atoms with van der Waals surface area (Å²) in [5, 5.41) is 16.2. The van der Waals surface area contributed by atoms with E-state index in [-0.39, 0.29) is 5.91 Å². The van der Waals surface area contributed by atoms with Gasteiger partial charge in [-0.15, -0.1) is 0 Å². The van der Waals surface area contributed by atoms with E-state index in [1.807, 2.05) is 43.0 Å². The Morgan fingerprint density at radius 2 is 1.96 bits per heavy atom. The Kier molecular flexibility index (Phi) is 6.64. The van der Waals surface area contributed by atoms with Crippen molar-refractivity contribution in [2.24, 2.45) is 0 Å². The molecule has 1 heterocycles. The van der Waals surface area contributed by atoms with Gasteiger partial charge >= 0.3 is 5.97 Å². The molecule has 1 aromatic carbocycles. The predicted molar refractivity (Wildman–Crippen MR) is 99.1 cm³/mol. The SMILES string of the molecule is CSCC[C@@H](NC(=O)c1ccc(Cn2nc(C)cc2C)cc1)C(=O)O. The molecule has 0 bridgehead atoms. The molecule has 1 aromatic heterocycles. The van der Waals surface area contributed by atoms with E-state index in [0.717, 1.165) is 17.0 Å². The Labute approximate surface area is 151 Å². The average Bonchev–Trinajstić information content (AvgIpc) is 2.89. The standard InChI is InChI=1S/C18H23N3O3S/c1-12-10-13(2)21(20-12)11-14-4-6-15(7-5-14)17(22)19-16(18(23)24)8-9-25-3/h4-7,10,16H,8-9,11H2,1-3H3,(H,19,22)(H,23,24)/t16-/m1/s1. The molecule has 0 fully saturated rings. The van der Waals surface area contributed by atoms with Gasteiger partial charge in [-0.1, -0.05) is 12.1 Å². The molecule has 2 rings (SSSR count). The molecular formula is C18H23N3O3S. The van der Waals surface area contributed by atoms with Gasteiger partial charge in [0.25, 0.3) is 5.91 Å². The van der Waals surface area contributed by atoms with E-state index in [9.17, 15) is 14.7 Å². The molecule has 134 valence electrons. The van der Waals surface area contributed by atoms with Crippen molar-refractivity contribution in [2.75, 3.05) is 12.0 Å². The third-order valence-electron chi connectivity index (χ3n) is 3.87. The molecule has 0 aliphatic rings. The van der Waals surface area contributed by atoms with Crippen LogP contribution in [0.2, 0.25) is 0 Å². The maximum atomic E-state index is 12.3. The van der Waals surface area contributed by atoms with Gasteiger partial charge in [0.1, 0.15) is 6.04 Å². The quantitative estimate of drug-likeness (QED) is 0.755. The third kappa shape index (κ3) is 5.35. The number of amides is 1. The van der Waals surface area contributed by atoms with E-state index < -0.39 is 12.0 Å². The van der Waals surface area contributed by atoms with E-state index in [0.29, 0.717) is 24.3 Å². The molecule has 2 N–H and O–H groups in total. The lowest BCUT2D eigenvalue weighted by molar-refractivity contribution is -0.139. The number of hydrogen-bond acceptors (Lipinski definition) is 4. The first kappa shape index (κ1) is 19.1. The van der Waals surface area contributed by atoms with Gasteiger partial charge in [0.05, 0.1) is 12.2 Å². The number of thioether (sulfide) groups is 1. The van der Waals surface area contributed by atoms with Crippen molar-refractivity contribution < 1.29 is 14.7 Å². The Hall–Kier alpha value is -2.28. The van der Waals surface area contributed by atoms with Gasteiger partial charge in [-0.25, -0.2) is 4.79 Å². The zero-order chi connectivity index (χ0) is 18.4. The molecule has 1 atom stereocenters. The number of benzene rings is 1. The lowest BCUT2D eigenvalue weighted by Gasteiger charge is -2.14.